The first-order valence-corrected chi connectivity index (χ1v) is 10.6. The largest absolute Gasteiger partial charge is 0.494 e. The summed E-state index contributed by atoms with van der Waals surface area (Å²) in [7, 11) is 1.44. The van der Waals surface area contributed by atoms with Gasteiger partial charge < -0.3 is 30.7 Å². The summed E-state index contributed by atoms with van der Waals surface area (Å²) in [6, 6.07) is 10.6. The molecule has 0 aromatic heterocycles. The van der Waals surface area contributed by atoms with Gasteiger partial charge in [0.05, 0.1) is 25.9 Å². The highest BCUT2D eigenvalue weighted by molar-refractivity contribution is 6.01. The van der Waals surface area contributed by atoms with Crippen LogP contribution in [0.2, 0.25) is 0 Å². The van der Waals surface area contributed by atoms with Gasteiger partial charge >= 0.3 is 0 Å². The van der Waals surface area contributed by atoms with Crippen molar-refractivity contribution in [2.75, 3.05) is 50.2 Å². The molecule has 8 heteroatoms. The number of nitrogens with zero attached hydrogens (tertiary/aromatic N) is 1. The van der Waals surface area contributed by atoms with Crippen molar-refractivity contribution in [1.82, 2.24) is 5.32 Å². The quantitative estimate of drug-likeness (QED) is 0.599. The Morgan fingerprint density at radius 2 is 2.00 bits per heavy atom. The first-order chi connectivity index (χ1) is 15.0. The van der Waals surface area contributed by atoms with Crippen molar-refractivity contribution in [3.63, 3.8) is 0 Å². The first kappa shape index (κ1) is 21.4. The minimum atomic E-state index is -0.402. The number of ether oxygens (including phenoxy) is 2. The number of benzene rings is 2. The van der Waals surface area contributed by atoms with Gasteiger partial charge in [0.25, 0.3) is 5.91 Å². The number of carbonyl (C=O) groups excluding carboxylic acids is 1. The molecule has 0 bridgehead atoms. The molecule has 31 heavy (non-hydrogen) atoms. The van der Waals surface area contributed by atoms with Crippen molar-refractivity contribution in [2.45, 2.75) is 24.9 Å². The molecule has 7 nitrogen and oxygen atoms in total. The number of methoxy groups -OCH3 is 1. The van der Waals surface area contributed by atoms with E-state index < -0.39 is 5.82 Å². The van der Waals surface area contributed by atoms with Crippen molar-refractivity contribution in [3.8, 4) is 5.75 Å². The lowest BCUT2D eigenvalue weighted by Crippen LogP contribution is -2.41. The topological polar surface area (TPSA) is 88.9 Å². The molecule has 4 rings (SSSR count). The standard InChI is InChI=1S/C23H29FN4O3/c1-30-21-5-2-16(12-19(21)24)14-26-17-3-4-20(28-8-10-31-11-9-28)18(13-17)22(29)27-15-23(25)6-7-23/h2-5,12-13,26H,6-11,14-15,25H2,1H3,(H,27,29). The van der Waals surface area contributed by atoms with Gasteiger partial charge in [0, 0.05) is 43.1 Å². The fourth-order valence-corrected chi connectivity index (χ4v) is 3.62. The van der Waals surface area contributed by atoms with E-state index in [4.69, 9.17) is 15.2 Å². The molecule has 0 radical (unpaired) electrons. The van der Waals surface area contributed by atoms with Gasteiger partial charge in [-0.1, -0.05) is 6.07 Å². The average molecular weight is 429 g/mol. The number of carbonyl (C=O) groups is 1. The van der Waals surface area contributed by atoms with Crippen molar-refractivity contribution in [2.24, 2.45) is 5.73 Å². The summed E-state index contributed by atoms with van der Waals surface area (Å²) in [6.07, 6.45) is 1.87. The lowest BCUT2D eigenvalue weighted by atomic mass is 10.1. The van der Waals surface area contributed by atoms with Crippen LogP contribution in [0.15, 0.2) is 36.4 Å². The van der Waals surface area contributed by atoms with Gasteiger partial charge in [0.15, 0.2) is 11.6 Å². The Morgan fingerprint density at radius 3 is 2.68 bits per heavy atom. The summed E-state index contributed by atoms with van der Waals surface area (Å²) < 4.78 is 24.4. The fourth-order valence-electron chi connectivity index (χ4n) is 3.62. The Labute approximate surface area is 181 Å². The predicted molar refractivity (Wildman–Crippen MR) is 118 cm³/mol. The Kier molecular flexibility index (Phi) is 6.29. The third kappa shape index (κ3) is 5.26. The molecule has 1 saturated carbocycles. The summed E-state index contributed by atoms with van der Waals surface area (Å²) in [5.41, 5.74) is 8.91. The SMILES string of the molecule is COc1ccc(CNc2ccc(N3CCOCC3)c(C(=O)NCC3(N)CC3)c2)cc1F. The minimum Gasteiger partial charge on any atom is -0.494 e. The second-order valence-electron chi connectivity index (χ2n) is 8.20. The van der Waals surface area contributed by atoms with Crippen LogP contribution in [0.1, 0.15) is 28.8 Å². The van der Waals surface area contributed by atoms with E-state index in [2.05, 4.69) is 15.5 Å². The summed E-state index contributed by atoms with van der Waals surface area (Å²) in [5.74, 6) is -0.330. The highest BCUT2D eigenvalue weighted by Gasteiger charge is 2.38. The van der Waals surface area contributed by atoms with E-state index in [0.717, 1.165) is 42.9 Å². The number of amides is 1. The maximum absolute atomic E-state index is 14.0. The third-order valence-corrected chi connectivity index (χ3v) is 5.80. The zero-order valence-corrected chi connectivity index (χ0v) is 17.7. The van der Waals surface area contributed by atoms with Crippen LogP contribution in [0.25, 0.3) is 0 Å². The van der Waals surface area contributed by atoms with E-state index in [-0.39, 0.29) is 17.2 Å². The third-order valence-electron chi connectivity index (χ3n) is 5.80. The molecular weight excluding hydrogens is 399 g/mol. The number of halogens is 1. The molecule has 1 aliphatic carbocycles. The van der Waals surface area contributed by atoms with Gasteiger partial charge in [-0.15, -0.1) is 0 Å². The Hall–Kier alpha value is -2.84. The number of hydrogen-bond acceptors (Lipinski definition) is 6. The van der Waals surface area contributed by atoms with Crippen LogP contribution in [-0.4, -0.2) is 51.4 Å². The van der Waals surface area contributed by atoms with Crippen LogP contribution in [0.4, 0.5) is 15.8 Å². The minimum absolute atomic E-state index is 0.141. The van der Waals surface area contributed by atoms with Gasteiger partial charge in [-0.25, -0.2) is 4.39 Å². The lowest BCUT2D eigenvalue weighted by Gasteiger charge is -2.30. The molecular formula is C23H29FN4O3. The number of rotatable bonds is 8. The van der Waals surface area contributed by atoms with Crippen molar-refractivity contribution >= 4 is 17.3 Å². The number of hydrogen-bond donors (Lipinski definition) is 3. The first-order valence-electron chi connectivity index (χ1n) is 10.6. The van der Waals surface area contributed by atoms with E-state index in [9.17, 15) is 9.18 Å². The monoisotopic (exact) mass is 428 g/mol. The number of nitrogens with one attached hydrogen (secondary N) is 2. The molecule has 0 unspecified atom stereocenters. The van der Waals surface area contributed by atoms with Gasteiger partial charge in [0.2, 0.25) is 0 Å². The van der Waals surface area contributed by atoms with Gasteiger partial charge in [-0.3, -0.25) is 4.79 Å². The molecule has 2 aromatic rings. The predicted octanol–water partition coefficient (Wildman–Crippen LogP) is 2.50. The van der Waals surface area contributed by atoms with Crippen LogP contribution < -0.4 is 26.0 Å². The molecule has 1 heterocycles. The van der Waals surface area contributed by atoms with E-state index in [0.29, 0.717) is 31.9 Å². The maximum atomic E-state index is 14.0. The van der Waals surface area contributed by atoms with Crippen LogP contribution >= 0.6 is 0 Å². The van der Waals surface area contributed by atoms with Gasteiger partial charge in [0.1, 0.15) is 0 Å². The molecule has 166 valence electrons. The zero-order valence-electron chi connectivity index (χ0n) is 17.7. The summed E-state index contributed by atoms with van der Waals surface area (Å²) in [6.45, 7) is 3.63. The van der Waals surface area contributed by atoms with E-state index in [1.54, 1.807) is 12.1 Å². The summed E-state index contributed by atoms with van der Waals surface area (Å²) in [5, 5.41) is 6.27. The molecule has 2 aromatic carbocycles. The average Bonchev–Trinajstić information content (AvgIpc) is 3.54. The molecule has 1 aliphatic heterocycles. The molecule has 1 amide bonds. The number of morpholine rings is 1. The van der Waals surface area contributed by atoms with Gasteiger partial charge in [-0.05, 0) is 48.7 Å². The second kappa shape index (κ2) is 9.11. The van der Waals surface area contributed by atoms with E-state index in [1.807, 2.05) is 18.2 Å². The zero-order chi connectivity index (χ0) is 21.8. The Balaban J connectivity index is 1.51. The maximum Gasteiger partial charge on any atom is 0.253 e. The summed E-state index contributed by atoms with van der Waals surface area (Å²) in [4.78, 5) is 15.2. The smallest absolute Gasteiger partial charge is 0.253 e. The van der Waals surface area contributed by atoms with Crippen LogP contribution in [0.5, 0.6) is 5.75 Å². The van der Waals surface area contributed by atoms with Crippen LogP contribution in [-0.2, 0) is 11.3 Å². The highest BCUT2D eigenvalue weighted by atomic mass is 19.1. The molecule has 2 aliphatic rings. The van der Waals surface area contributed by atoms with E-state index in [1.165, 1.54) is 13.2 Å². The van der Waals surface area contributed by atoms with Crippen molar-refractivity contribution in [1.29, 1.82) is 0 Å². The Bertz CT molecular complexity index is 942. The number of anilines is 2. The van der Waals surface area contributed by atoms with Gasteiger partial charge in [-0.2, -0.15) is 0 Å². The number of nitrogens with two attached hydrogens (primary N) is 1. The molecule has 2 fully saturated rings. The Morgan fingerprint density at radius 1 is 1.23 bits per heavy atom. The molecule has 0 spiro atoms. The lowest BCUT2D eigenvalue weighted by molar-refractivity contribution is 0.0948. The van der Waals surface area contributed by atoms with Crippen molar-refractivity contribution in [3.05, 3.63) is 53.3 Å². The normalized spacial score (nSPS) is 17.2. The van der Waals surface area contributed by atoms with Crippen molar-refractivity contribution < 1.29 is 18.7 Å². The van der Waals surface area contributed by atoms with E-state index >= 15 is 0 Å². The summed E-state index contributed by atoms with van der Waals surface area (Å²) >= 11 is 0. The fraction of sp³-hybridized carbons (Fsp3) is 0.435. The second-order valence-corrected chi connectivity index (χ2v) is 8.20. The van der Waals surface area contributed by atoms with Crippen LogP contribution in [0, 0.1) is 5.82 Å². The molecule has 4 N–H and O–H groups in total. The van der Waals surface area contributed by atoms with Crippen LogP contribution in [0.3, 0.4) is 0 Å². The molecule has 0 atom stereocenters. The molecule has 1 saturated heterocycles. The highest BCUT2D eigenvalue weighted by Crippen LogP contribution is 2.31.